The SMILES string of the molecule is C[C@@H]1CCC=C[C@@H]2C[C@@]2(C(=O)NS(=O)(=O)C2(CF)CC2)NC(=O)[C@@H]2C[C@@H](OC(=O)c3ccccc3C(F)(F)F)CN2C(=O)[C@@H](NC(=O)OC(C)(C)C(F)(F)F)[C@H](C)C1. The van der Waals surface area contributed by atoms with Crippen LogP contribution >= 0.6 is 0 Å². The number of halogens is 7. The van der Waals surface area contributed by atoms with Gasteiger partial charge in [0, 0.05) is 12.3 Å². The highest BCUT2D eigenvalue weighted by atomic mass is 32.2. The number of carbonyl (C=O) groups is 5. The Labute approximate surface area is 329 Å². The first-order chi connectivity index (χ1) is 26.8. The van der Waals surface area contributed by atoms with Crippen molar-refractivity contribution in [3.05, 3.63) is 47.5 Å². The van der Waals surface area contributed by atoms with Crippen molar-refractivity contribution in [2.24, 2.45) is 17.8 Å². The number of rotatable bonds is 8. The predicted octanol–water partition coefficient (Wildman–Crippen LogP) is 5.10. The maximum Gasteiger partial charge on any atom is 0.427 e. The van der Waals surface area contributed by atoms with Crippen molar-refractivity contribution in [1.29, 1.82) is 0 Å². The molecule has 1 saturated heterocycles. The average molecular weight is 855 g/mol. The molecule has 2 heterocycles. The third-order valence-corrected chi connectivity index (χ3v) is 13.4. The largest absolute Gasteiger partial charge is 0.457 e. The maximum absolute atomic E-state index is 14.5. The fourth-order valence-electron chi connectivity index (χ4n) is 7.32. The van der Waals surface area contributed by atoms with Gasteiger partial charge in [-0.05, 0) is 76.3 Å². The lowest BCUT2D eigenvalue weighted by Crippen LogP contribution is -2.60. The highest BCUT2D eigenvalue weighted by molar-refractivity contribution is 7.91. The third kappa shape index (κ3) is 9.22. The van der Waals surface area contributed by atoms with Crippen molar-refractivity contribution in [2.75, 3.05) is 13.2 Å². The summed E-state index contributed by atoms with van der Waals surface area (Å²) in [5.74, 6) is -6.58. The van der Waals surface area contributed by atoms with E-state index < -0.39 is 129 Å². The number of esters is 1. The molecule has 0 unspecified atom stereocenters. The summed E-state index contributed by atoms with van der Waals surface area (Å²) in [5.41, 5.74) is -7.13. The van der Waals surface area contributed by atoms with E-state index in [9.17, 15) is 63.1 Å². The van der Waals surface area contributed by atoms with Crippen LogP contribution in [0.2, 0.25) is 0 Å². The zero-order valence-corrected chi connectivity index (χ0v) is 32.8. The predicted molar refractivity (Wildman–Crippen MR) is 190 cm³/mol. The highest BCUT2D eigenvalue weighted by Crippen LogP contribution is 2.48. The van der Waals surface area contributed by atoms with E-state index in [1.165, 1.54) is 6.92 Å². The van der Waals surface area contributed by atoms with Gasteiger partial charge < -0.3 is 25.0 Å². The number of alkyl halides is 7. The number of carbonyl (C=O) groups excluding carboxylic acids is 5. The van der Waals surface area contributed by atoms with Crippen LogP contribution in [0.25, 0.3) is 0 Å². The Bertz CT molecular complexity index is 1940. The molecule has 13 nitrogen and oxygen atoms in total. The smallest absolute Gasteiger partial charge is 0.427 e. The molecule has 1 aromatic rings. The van der Waals surface area contributed by atoms with Gasteiger partial charge in [-0.1, -0.05) is 38.1 Å². The van der Waals surface area contributed by atoms with E-state index in [1.807, 2.05) is 11.6 Å². The van der Waals surface area contributed by atoms with Gasteiger partial charge in [-0.15, -0.1) is 0 Å². The second kappa shape index (κ2) is 16.0. The molecule has 0 aromatic heterocycles. The van der Waals surface area contributed by atoms with E-state index in [-0.39, 0.29) is 31.6 Å². The molecule has 2 saturated carbocycles. The number of amides is 4. The Kier molecular flexibility index (Phi) is 12.3. The van der Waals surface area contributed by atoms with Gasteiger partial charge in [-0.25, -0.2) is 22.4 Å². The fraction of sp³-hybridized carbons (Fsp3) is 0.649. The number of ether oxygens (including phenoxy) is 2. The van der Waals surface area contributed by atoms with Gasteiger partial charge in [0.05, 0.1) is 17.7 Å². The second-order valence-electron chi connectivity index (χ2n) is 16.2. The number of nitrogens with zero attached hydrogens (tertiary/aromatic N) is 1. The van der Waals surface area contributed by atoms with Gasteiger partial charge in [0.15, 0.2) is 0 Å². The molecule has 5 rings (SSSR count). The molecule has 2 aliphatic heterocycles. The summed E-state index contributed by atoms with van der Waals surface area (Å²) in [6, 6.07) is 0.361. The lowest BCUT2D eigenvalue weighted by atomic mass is 9.88. The van der Waals surface area contributed by atoms with Crippen LogP contribution in [-0.4, -0.2) is 96.6 Å². The molecule has 2 aliphatic carbocycles. The molecule has 0 radical (unpaired) electrons. The minimum absolute atomic E-state index is 0.0471. The monoisotopic (exact) mass is 854 g/mol. The number of alkyl carbamates (subject to hydrolysis) is 1. The van der Waals surface area contributed by atoms with Crippen LogP contribution in [0.5, 0.6) is 0 Å². The first-order valence-electron chi connectivity index (χ1n) is 18.6. The average Bonchev–Trinajstić information content (AvgIpc) is 4.02. The van der Waals surface area contributed by atoms with Crippen LogP contribution in [0.3, 0.4) is 0 Å². The molecule has 3 fully saturated rings. The molecular weight excluding hydrogens is 809 g/mol. The number of fused-ring (bicyclic) bond motifs is 2. The Balaban J connectivity index is 1.51. The van der Waals surface area contributed by atoms with Crippen molar-refractivity contribution in [1.82, 2.24) is 20.3 Å². The van der Waals surface area contributed by atoms with Gasteiger partial charge in [-0.2, -0.15) is 26.3 Å². The number of allylic oxidation sites excluding steroid dienone is 1. The van der Waals surface area contributed by atoms with Crippen molar-refractivity contribution >= 4 is 39.8 Å². The molecule has 58 heavy (non-hydrogen) atoms. The summed E-state index contributed by atoms with van der Waals surface area (Å²) in [6.45, 7) is 2.59. The number of hydrogen-bond acceptors (Lipinski definition) is 9. The molecule has 0 bridgehead atoms. The highest BCUT2D eigenvalue weighted by Gasteiger charge is 2.64. The molecule has 0 spiro atoms. The summed E-state index contributed by atoms with van der Waals surface area (Å²) in [6.07, 6.45) is -9.48. The molecular formula is C37H45F7N4O9S. The van der Waals surface area contributed by atoms with E-state index in [0.29, 0.717) is 32.8 Å². The molecule has 3 N–H and O–H groups in total. The van der Waals surface area contributed by atoms with Crippen molar-refractivity contribution in [3.63, 3.8) is 0 Å². The van der Waals surface area contributed by atoms with E-state index in [4.69, 9.17) is 4.74 Å². The quantitative estimate of drug-likeness (QED) is 0.182. The van der Waals surface area contributed by atoms with Crippen LogP contribution in [0.4, 0.5) is 35.5 Å². The van der Waals surface area contributed by atoms with E-state index in [0.717, 1.165) is 23.1 Å². The minimum atomic E-state index is -5.02. The van der Waals surface area contributed by atoms with Gasteiger partial charge in [-0.3, -0.25) is 19.1 Å². The van der Waals surface area contributed by atoms with E-state index >= 15 is 0 Å². The number of benzene rings is 1. The van der Waals surface area contributed by atoms with Crippen molar-refractivity contribution in [2.45, 2.75) is 119 Å². The van der Waals surface area contributed by atoms with Crippen molar-refractivity contribution in [3.8, 4) is 0 Å². The third-order valence-electron chi connectivity index (χ3n) is 11.3. The standard InChI is InChI=1S/C37H45F7N4O9S/c1-20-9-5-6-10-22-17-35(22,31(52)47-58(54,55)34(19-38)13-14-34)46-28(49)26-16-23(56-30(51)24-11-7-8-12-25(24)36(39,40)41)18-48(26)29(50)27(21(2)15-20)45-32(53)57-33(3,4)37(42,43)44/h6-8,10-12,20-23,26-27H,5,9,13-19H2,1-4H3,(H,45,53)(H,46,49)(H,47,52)/t20-,21-,22-,23-,26+,27+,35-/m1/s1. The van der Waals surface area contributed by atoms with Crippen molar-refractivity contribution < 1.29 is 72.6 Å². The Hall–Kier alpha value is -4.43. The van der Waals surface area contributed by atoms with E-state index in [1.54, 1.807) is 12.2 Å². The maximum atomic E-state index is 14.5. The Morgan fingerprint density at radius 3 is 2.28 bits per heavy atom. The lowest BCUT2D eigenvalue weighted by Gasteiger charge is -2.34. The number of nitrogens with one attached hydrogen (secondary N) is 3. The van der Waals surface area contributed by atoms with Crippen LogP contribution in [-0.2, 0) is 40.1 Å². The molecule has 21 heteroatoms. The molecule has 4 aliphatic rings. The summed E-state index contributed by atoms with van der Waals surface area (Å²) >= 11 is 0. The molecule has 7 atom stereocenters. The first-order valence-corrected chi connectivity index (χ1v) is 20.1. The Morgan fingerprint density at radius 1 is 1.02 bits per heavy atom. The Morgan fingerprint density at radius 2 is 1.67 bits per heavy atom. The van der Waals surface area contributed by atoms with Gasteiger partial charge in [0.25, 0.3) is 5.91 Å². The summed E-state index contributed by atoms with van der Waals surface area (Å²) in [4.78, 5) is 69.6. The molecule has 4 amide bonds. The minimum Gasteiger partial charge on any atom is -0.457 e. The summed E-state index contributed by atoms with van der Waals surface area (Å²) < 4.78 is 132. The number of hydrogen-bond donors (Lipinski definition) is 3. The lowest BCUT2D eigenvalue weighted by molar-refractivity contribution is -0.244. The van der Waals surface area contributed by atoms with Crippen LogP contribution in [0.15, 0.2) is 36.4 Å². The van der Waals surface area contributed by atoms with Gasteiger partial charge >= 0.3 is 24.4 Å². The summed E-state index contributed by atoms with van der Waals surface area (Å²) in [5, 5.41) is 4.71. The molecule has 1 aromatic carbocycles. The van der Waals surface area contributed by atoms with Crippen LogP contribution in [0, 0.1) is 17.8 Å². The van der Waals surface area contributed by atoms with Gasteiger partial charge in [0.1, 0.15) is 35.1 Å². The number of sulfonamides is 1. The summed E-state index contributed by atoms with van der Waals surface area (Å²) in [7, 11) is -4.56. The topological polar surface area (TPSA) is 177 Å². The first kappa shape index (κ1) is 44.7. The fourth-order valence-corrected chi connectivity index (χ4v) is 8.75. The van der Waals surface area contributed by atoms with Gasteiger partial charge in [0.2, 0.25) is 27.4 Å². The second-order valence-corrected chi connectivity index (χ2v) is 18.3. The van der Waals surface area contributed by atoms with Crippen LogP contribution < -0.4 is 15.4 Å². The van der Waals surface area contributed by atoms with E-state index in [2.05, 4.69) is 15.4 Å². The zero-order valence-electron chi connectivity index (χ0n) is 32.0. The van der Waals surface area contributed by atoms with Crippen LogP contribution in [0.1, 0.15) is 88.6 Å². The molecule has 322 valence electrons. The normalized spacial score (nSPS) is 29.1. The zero-order chi connectivity index (χ0) is 43.2.